The number of alkyl halides is 4. The van der Waals surface area contributed by atoms with Gasteiger partial charge in [0, 0.05) is 30.6 Å². The zero-order chi connectivity index (χ0) is 29.4. The van der Waals surface area contributed by atoms with E-state index in [1.54, 1.807) is 18.9 Å². The van der Waals surface area contributed by atoms with Crippen molar-refractivity contribution in [3.63, 3.8) is 0 Å². The van der Waals surface area contributed by atoms with Crippen molar-refractivity contribution in [3.8, 4) is 17.1 Å². The van der Waals surface area contributed by atoms with Crippen molar-refractivity contribution in [2.45, 2.75) is 57.8 Å². The number of hydrogen-bond acceptors (Lipinski definition) is 7. The number of benzene rings is 1. The van der Waals surface area contributed by atoms with Crippen LogP contribution in [-0.4, -0.2) is 42.1 Å². The Morgan fingerprint density at radius 3 is 2.42 bits per heavy atom. The van der Waals surface area contributed by atoms with Crippen LogP contribution in [0, 0.1) is 5.82 Å². The van der Waals surface area contributed by atoms with Crippen molar-refractivity contribution in [2.75, 3.05) is 0 Å². The number of aromatic nitrogens is 5. The SMILES string of the molecule is C[C@H](C[C@H](F)Cn1ccc2cc(-c3ncc(C(C)(C)O)cn3)c(F)cc2c1=O)Oc1cn[nH]c(=O)c1C(F)(F)F. The van der Waals surface area contributed by atoms with E-state index in [0.717, 1.165) is 10.6 Å². The lowest BCUT2D eigenvalue weighted by atomic mass is 10.0. The second-order valence-corrected chi connectivity index (χ2v) is 9.74. The highest BCUT2D eigenvalue weighted by Crippen LogP contribution is 2.33. The Hall–Kier alpha value is -4.20. The summed E-state index contributed by atoms with van der Waals surface area (Å²) in [4.78, 5) is 32.7. The predicted molar refractivity (Wildman–Crippen MR) is 134 cm³/mol. The molecule has 14 heteroatoms. The van der Waals surface area contributed by atoms with E-state index in [1.165, 1.54) is 37.6 Å². The first-order chi connectivity index (χ1) is 18.6. The molecular weight excluding hydrogens is 541 g/mol. The molecule has 0 saturated heterocycles. The minimum atomic E-state index is -5.01. The van der Waals surface area contributed by atoms with E-state index in [9.17, 15) is 36.6 Å². The maximum Gasteiger partial charge on any atom is 0.425 e. The van der Waals surface area contributed by atoms with Crippen molar-refractivity contribution in [2.24, 2.45) is 0 Å². The molecule has 1 aromatic carbocycles. The van der Waals surface area contributed by atoms with Crippen LogP contribution in [0.1, 0.15) is 38.3 Å². The Morgan fingerprint density at radius 1 is 1.12 bits per heavy atom. The van der Waals surface area contributed by atoms with E-state index in [4.69, 9.17) is 4.74 Å². The zero-order valence-electron chi connectivity index (χ0n) is 21.5. The van der Waals surface area contributed by atoms with E-state index in [2.05, 4.69) is 15.1 Å². The molecule has 0 bridgehead atoms. The van der Waals surface area contributed by atoms with Crippen LogP contribution >= 0.6 is 0 Å². The summed E-state index contributed by atoms with van der Waals surface area (Å²) in [7, 11) is 0. The third-order valence-corrected chi connectivity index (χ3v) is 6.08. The molecule has 212 valence electrons. The molecule has 0 fully saturated rings. The Bertz CT molecular complexity index is 1650. The summed E-state index contributed by atoms with van der Waals surface area (Å²) in [6, 6.07) is 3.86. The molecule has 0 amide bonds. The van der Waals surface area contributed by atoms with Gasteiger partial charge in [0.25, 0.3) is 11.1 Å². The molecule has 2 atom stereocenters. The molecule has 0 aliphatic carbocycles. The molecule has 40 heavy (non-hydrogen) atoms. The summed E-state index contributed by atoms with van der Waals surface area (Å²) in [5.74, 6) is -1.59. The van der Waals surface area contributed by atoms with Crippen molar-refractivity contribution < 1.29 is 31.8 Å². The van der Waals surface area contributed by atoms with Crippen LogP contribution < -0.4 is 15.9 Å². The van der Waals surface area contributed by atoms with Crippen LogP contribution in [-0.2, 0) is 18.3 Å². The number of pyridine rings is 1. The van der Waals surface area contributed by atoms with Crippen molar-refractivity contribution in [3.05, 3.63) is 80.6 Å². The fourth-order valence-corrected chi connectivity index (χ4v) is 4.06. The molecule has 4 aromatic rings. The lowest BCUT2D eigenvalue weighted by Crippen LogP contribution is -2.29. The van der Waals surface area contributed by atoms with Gasteiger partial charge in [-0.25, -0.2) is 23.8 Å². The summed E-state index contributed by atoms with van der Waals surface area (Å²) in [6.45, 7) is 3.93. The zero-order valence-corrected chi connectivity index (χ0v) is 21.5. The maximum atomic E-state index is 15.0. The van der Waals surface area contributed by atoms with Gasteiger partial charge in [-0.05, 0) is 44.4 Å². The lowest BCUT2D eigenvalue weighted by molar-refractivity contribution is -0.140. The normalized spacial score (nSPS) is 13.8. The summed E-state index contributed by atoms with van der Waals surface area (Å²) < 4.78 is 75.6. The topological polar surface area (TPSA) is 123 Å². The minimum Gasteiger partial charge on any atom is -0.488 e. The molecule has 4 rings (SSSR count). The average molecular weight is 565 g/mol. The standard InChI is InChI=1S/C26H24F5N5O4/c1-13(40-20-11-34-35-23(37)21(20)26(29,30)31)6-16(27)12-36-5-4-14-7-18(19(28)8-17(14)24(36)38)22-32-9-15(10-33-22)25(2,3)39/h4-5,7-11,13,16,39H,6,12H2,1-3H3,(H,35,37)/t13-,16+/m1/s1. The quantitative estimate of drug-likeness (QED) is 0.308. The fourth-order valence-electron chi connectivity index (χ4n) is 4.06. The van der Waals surface area contributed by atoms with Gasteiger partial charge in [0.1, 0.15) is 12.0 Å². The predicted octanol–water partition coefficient (Wildman–Crippen LogP) is 4.12. The molecule has 0 aliphatic rings. The second kappa shape index (κ2) is 10.8. The molecule has 3 aromatic heterocycles. The number of rotatable bonds is 8. The number of halogens is 5. The van der Waals surface area contributed by atoms with Crippen LogP contribution in [0.4, 0.5) is 22.0 Å². The van der Waals surface area contributed by atoms with Gasteiger partial charge in [0.2, 0.25) is 0 Å². The summed E-state index contributed by atoms with van der Waals surface area (Å²) >= 11 is 0. The van der Waals surface area contributed by atoms with Gasteiger partial charge in [0.05, 0.1) is 35.4 Å². The number of nitrogens with zero attached hydrogens (tertiary/aromatic N) is 4. The lowest BCUT2D eigenvalue weighted by Gasteiger charge is -2.19. The number of aromatic amines is 1. The van der Waals surface area contributed by atoms with Crippen LogP contribution in [0.3, 0.4) is 0 Å². The summed E-state index contributed by atoms with van der Waals surface area (Å²) in [5.41, 5.74) is -4.51. The van der Waals surface area contributed by atoms with Gasteiger partial charge in [-0.2, -0.15) is 18.3 Å². The number of hydrogen-bond donors (Lipinski definition) is 2. The van der Waals surface area contributed by atoms with Crippen molar-refractivity contribution in [1.82, 2.24) is 24.7 Å². The first-order valence-electron chi connectivity index (χ1n) is 12.0. The Morgan fingerprint density at radius 2 is 1.80 bits per heavy atom. The maximum absolute atomic E-state index is 15.0. The van der Waals surface area contributed by atoms with Crippen LogP contribution in [0.15, 0.2) is 52.6 Å². The van der Waals surface area contributed by atoms with Crippen LogP contribution in [0.25, 0.3) is 22.2 Å². The molecule has 0 aliphatic heterocycles. The van der Waals surface area contributed by atoms with Crippen molar-refractivity contribution >= 4 is 10.8 Å². The van der Waals surface area contributed by atoms with Crippen molar-refractivity contribution in [1.29, 1.82) is 0 Å². The largest absolute Gasteiger partial charge is 0.488 e. The molecule has 0 saturated carbocycles. The fraction of sp³-hybridized carbons (Fsp3) is 0.346. The molecule has 0 spiro atoms. The van der Waals surface area contributed by atoms with Gasteiger partial charge in [-0.15, -0.1) is 0 Å². The molecular formula is C26H24F5N5O4. The molecule has 0 unspecified atom stereocenters. The molecule has 0 radical (unpaired) electrons. The van der Waals surface area contributed by atoms with Gasteiger partial charge in [0.15, 0.2) is 17.1 Å². The first-order valence-corrected chi connectivity index (χ1v) is 12.0. The molecule has 3 heterocycles. The van der Waals surface area contributed by atoms with Crippen LogP contribution in [0.2, 0.25) is 0 Å². The number of ether oxygens (including phenoxy) is 1. The highest BCUT2D eigenvalue weighted by atomic mass is 19.4. The smallest absolute Gasteiger partial charge is 0.425 e. The second-order valence-electron chi connectivity index (χ2n) is 9.74. The van der Waals surface area contributed by atoms with E-state index in [1.807, 2.05) is 0 Å². The number of fused-ring (bicyclic) bond motifs is 1. The van der Waals surface area contributed by atoms with Gasteiger partial charge < -0.3 is 14.4 Å². The third-order valence-electron chi connectivity index (χ3n) is 6.08. The van der Waals surface area contributed by atoms with Gasteiger partial charge in [-0.1, -0.05) is 0 Å². The Balaban J connectivity index is 1.51. The molecule has 2 N–H and O–H groups in total. The minimum absolute atomic E-state index is 0.0220. The number of aliphatic hydroxyl groups is 1. The van der Waals surface area contributed by atoms with Gasteiger partial charge in [-0.3, -0.25) is 9.59 Å². The monoisotopic (exact) mass is 565 g/mol. The van der Waals surface area contributed by atoms with E-state index >= 15 is 0 Å². The van der Waals surface area contributed by atoms with E-state index < -0.39 is 65.3 Å². The summed E-state index contributed by atoms with van der Waals surface area (Å²) in [6.07, 6.45) is -3.55. The van der Waals surface area contributed by atoms with E-state index in [0.29, 0.717) is 17.1 Å². The molecule has 9 nitrogen and oxygen atoms in total. The average Bonchev–Trinajstić information content (AvgIpc) is 2.84. The number of H-pyrrole nitrogens is 1. The van der Waals surface area contributed by atoms with E-state index in [-0.39, 0.29) is 16.8 Å². The number of nitrogens with one attached hydrogen (secondary N) is 1. The Kier molecular flexibility index (Phi) is 7.74. The van der Waals surface area contributed by atoms with Gasteiger partial charge >= 0.3 is 6.18 Å². The Labute approximate surface area is 223 Å². The summed E-state index contributed by atoms with van der Waals surface area (Å²) in [5, 5.41) is 15.3. The highest BCUT2D eigenvalue weighted by molar-refractivity contribution is 5.86. The third kappa shape index (κ3) is 6.17. The highest BCUT2D eigenvalue weighted by Gasteiger charge is 2.38. The van der Waals surface area contributed by atoms with Crippen LogP contribution in [0.5, 0.6) is 5.75 Å². The first kappa shape index (κ1) is 28.8.